The summed E-state index contributed by atoms with van der Waals surface area (Å²) in [6.07, 6.45) is 2.96. The van der Waals surface area contributed by atoms with Gasteiger partial charge in [-0.2, -0.15) is 4.98 Å². The van der Waals surface area contributed by atoms with Crippen molar-refractivity contribution in [2.45, 2.75) is 6.04 Å². The van der Waals surface area contributed by atoms with Crippen molar-refractivity contribution in [3.63, 3.8) is 0 Å². The summed E-state index contributed by atoms with van der Waals surface area (Å²) < 4.78 is 0. The molecule has 12 heavy (non-hydrogen) atoms. The highest BCUT2D eigenvalue weighted by Crippen LogP contribution is 2.13. The molecule has 0 aliphatic rings. The first-order valence-corrected chi connectivity index (χ1v) is 3.38. The van der Waals surface area contributed by atoms with E-state index >= 15 is 0 Å². The number of aromatic amines is 1. The summed E-state index contributed by atoms with van der Waals surface area (Å²) in [7, 11) is 0. The Kier molecular flexibility index (Phi) is 2.25. The number of rotatable bonds is 2. The van der Waals surface area contributed by atoms with Crippen molar-refractivity contribution in [3.8, 4) is 0 Å². The van der Waals surface area contributed by atoms with Crippen LogP contribution in [-0.4, -0.2) is 9.97 Å². The van der Waals surface area contributed by atoms with Crippen molar-refractivity contribution in [1.82, 2.24) is 9.97 Å². The summed E-state index contributed by atoms with van der Waals surface area (Å²) in [6.45, 7) is 3.50. The highest BCUT2D eigenvalue weighted by Gasteiger charge is 2.06. The molecular formula is C7H10N4O. The number of aromatic nitrogens is 2. The molecule has 5 heteroatoms. The maximum Gasteiger partial charge on any atom is 0.346 e. The molecule has 0 aliphatic heterocycles. The Morgan fingerprint density at radius 1 is 1.75 bits per heavy atom. The Morgan fingerprint density at radius 3 is 2.92 bits per heavy atom. The number of nitrogens with zero attached hydrogens (tertiary/aromatic N) is 1. The van der Waals surface area contributed by atoms with Gasteiger partial charge in [-0.15, -0.1) is 6.58 Å². The van der Waals surface area contributed by atoms with Gasteiger partial charge in [0.15, 0.2) is 0 Å². The van der Waals surface area contributed by atoms with Gasteiger partial charge < -0.3 is 16.5 Å². The van der Waals surface area contributed by atoms with E-state index in [1.807, 2.05) is 0 Å². The standard InChI is InChI=1S/C7H10N4O/c1-2-5(8)4-3-10-7(12)11-6(4)9/h2-3,5H,1,8H2,(H3,9,10,11,12). The van der Waals surface area contributed by atoms with E-state index in [4.69, 9.17) is 11.5 Å². The fraction of sp³-hybridized carbons (Fsp3) is 0.143. The van der Waals surface area contributed by atoms with E-state index in [9.17, 15) is 4.79 Å². The second-order valence-corrected chi connectivity index (χ2v) is 2.31. The zero-order chi connectivity index (χ0) is 9.14. The average Bonchev–Trinajstić information content (AvgIpc) is 2.03. The third-order valence-electron chi connectivity index (χ3n) is 1.48. The molecular weight excluding hydrogens is 156 g/mol. The topological polar surface area (TPSA) is 97.8 Å². The Bertz CT molecular complexity index is 344. The van der Waals surface area contributed by atoms with Crippen LogP contribution in [0, 0.1) is 0 Å². The lowest BCUT2D eigenvalue weighted by molar-refractivity contribution is 0.884. The second-order valence-electron chi connectivity index (χ2n) is 2.31. The van der Waals surface area contributed by atoms with E-state index in [2.05, 4.69) is 16.5 Å². The van der Waals surface area contributed by atoms with Crippen LogP contribution in [0.5, 0.6) is 0 Å². The van der Waals surface area contributed by atoms with E-state index in [0.717, 1.165) is 0 Å². The monoisotopic (exact) mass is 166 g/mol. The molecule has 1 aromatic heterocycles. The van der Waals surface area contributed by atoms with E-state index in [1.54, 1.807) is 0 Å². The largest absolute Gasteiger partial charge is 0.383 e. The molecule has 0 bridgehead atoms. The predicted molar refractivity (Wildman–Crippen MR) is 46.4 cm³/mol. The van der Waals surface area contributed by atoms with Gasteiger partial charge in [-0.25, -0.2) is 4.79 Å². The lowest BCUT2D eigenvalue weighted by Gasteiger charge is -2.06. The van der Waals surface area contributed by atoms with Crippen LogP contribution in [0.3, 0.4) is 0 Å². The lowest BCUT2D eigenvalue weighted by Crippen LogP contribution is -2.18. The number of nitrogens with two attached hydrogens (primary N) is 2. The fourth-order valence-electron chi connectivity index (χ4n) is 0.814. The molecule has 1 aromatic rings. The number of nitrogen functional groups attached to an aromatic ring is 1. The molecule has 0 spiro atoms. The van der Waals surface area contributed by atoms with Crippen LogP contribution in [-0.2, 0) is 0 Å². The van der Waals surface area contributed by atoms with Gasteiger partial charge in [0.1, 0.15) is 5.82 Å². The molecule has 0 saturated carbocycles. The average molecular weight is 166 g/mol. The Balaban J connectivity index is 3.17. The number of hydrogen-bond acceptors (Lipinski definition) is 4. The van der Waals surface area contributed by atoms with Gasteiger partial charge >= 0.3 is 5.69 Å². The van der Waals surface area contributed by atoms with Gasteiger partial charge in [0.2, 0.25) is 0 Å². The van der Waals surface area contributed by atoms with Crippen LogP contribution in [0.15, 0.2) is 23.6 Å². The molecule has 0 aliphatic carbocycles. The van der Waals surface area contributed by atoms with Crippen LogP contribution in [0.1, 0.15) is 11.6 Å². The molecule has 64 valence electrons. The summed E-state index contributed by atoms with van der Waals surface area (Å²) >= 11 is 0. The van der Waals surface area contributed by atoms with Crippen molar-refractivity contribution in [2.24, 2.45) is 5.73 Å². The molecule has 5 nitrogen and oxygen atoms in total. The van der Waals surface area contributed by atoms with Crippen molar-refractivity contribution in [3.05, 3.63) is 34.9 Å². The lowest BCUT2D eigenvalue weighted by atomic mass is 10.1. The summed E-state index contributed by atoms with van der Waals surface area (Å²) in [5, 5.41) is 0. The van der Waals surface area contributed by atoms with Crippen molar-refractivity contribution >= 4 is 5.82 Å². The van der Waals surface area contributed by atoms with E-state index in [0.29, 0.717) is 5.56 Å². The predicted octanol–water partition coefficient (Wildman–Crippen LogP) is -0.462. The van der Waals surface area contributed by atoms with Crippen molar-refractivity contribution in [1.29, 1.82) is 0 Å². The van der Waals surface area contributed by atoms with Gasteiger partial charge in [0.05, 0.1) is 6.04 Å². The minimum Gasteiger partial charge on any atom is -0.383 e. The quantitative estimate of drug-likeness (QED) is 0.517. The highest BCUT2D eigenvalue weighted by molar-refractivity contribution is 5.40. The first kappa shape index (κ1) is 8.48. The molecule has 0 radical (unpaired) electrons. The SMILES string of the molecule is C=CC(N)c1c[nH]c(=O)nc1N. The summed E-state index contributed by atoms with van der Waals surface area (Å²) in [6, 6.07) is -0.394. The molecule has 0 saturated heterocycles. The first-order chi connectivity index (χ1) is 5.65. The van der Waals surface area contributed by atoms with E-state index < -0.39 is 11.7 Å². The minimum absolute atomic E-state index is 0.145. The summed E-state index contributed by atoms with van der Waals surface area (Å²) in [5.74, 6) is 0.145. The van der Waals surface area contributed by atoms with Crippen molar-refractivity contribution in [2.75, 3.05) is 5.73 Å². The van der Waals surface area contributed by atoms with Crippen LogP contribution >= 0.6 is 0 Å². The van der Waals surface area contributed by atoms with Crippen LogP contribution in [0.2, 0.25) is 0 Å². The Morgan fingerprint density at radius 2 is 2.42 bits per heavy atom. The smallest absolute Gasteiger partial charge is 0.346 e. The third-order valence-corrected chi connectivity index (χ3v) is 1.48. The molecule has 0 aromatic carbocycles. The van der Waals surface area contributed by atoms with Crippen LogP contribution in [0.4, 0.5) is 5.82 Å². The third kappa shape index (κ3) is 1.51. The second kappa shape index (κ2) is 3.19. The van der Waals surface area contributed by atoms with E-state index in [1.165, 1.54) is 12.3 Å². The van der Waals surface area contributed by atoms with Gasteiger partial charge in [-0.1, -0.05) is 6.08 Å². The van der Waals surface area contributed by atoms with Gasteiger partial charge in [0, 0.05) is 11.8 Å². The van der Waals surface area contributed by atoms with Crippen LogP contribution < -0.4 is 17.2 Å². The summed E-state index contributed by atoms with van der Waals surface area (Å²) in [4.78, 5) is 16.5. The zero-order valence-corrected chi connectivity index (χ0v) is 6.45. The highest BCUT2D eigenvalue weighted by atomic mass is 16.1. The Hall–Kier alpha value is -1.62. The molecule has 1 heterocycles. The number of anilines is 1. The molecule has 1 rings (SSSR count). The maximum atomic E-state index is 10.6. The maximum absolute atomic E-state index is 10.6. The summed E-state index contributed by atoms with van der Waals surface area (Å²) in [5.41, 5.74) is 11.1. The molecule has 1 unspecified atom stereocenters. The molecule has 1 atom stereocenters. The molecule has 0 amide bonds. The zero-order valence-electron chi connectivity index (χ0n) is 6.45. The van der Waals surface area contributed by atoms with Crippen LogP contribution in [0.25, 0.3) is 0 Å². The minimum atomic E-state index is -0.479. The molecule has 0 fully saturated rings. The number of nitrogens with one attached hydrogen (secondary N) is 1. The molecule has 5 N–H and O–H groups in total. The van der Waals surface area contributed by atoms with Gasteiger partial charge in [0.25, 0.3) is 0 Å². The number of H-pyrrole nitrogens is 1. The normalized spacial score (nSPS) is 12.4. The first-order valence-electron chi connectivity index (χ1n) is 3.38. The number of hydrogen-bond donors (Lipinski definition) is 3. The van der Waals surface area contributed by atoms with E-state index in [-0.39, 0.29) is 5.82 Å². The van der Waals surface area contributed by atoms with Gasteiger partial charge in [-0.05, 0) is 0 Å². The Labute approximate surface area is 69.1 Å². The fourth-order valence-corrected chi connectivity index (χ4v) is 0.814. The van der Waals surface area contributed by atoms with Gasteiger partial charge in [-0.3, -0.25) is 0 Å². The van der Waals surface area contributed by atoms with Crippen molar-refractivity contribution < 1.29 is 0 Å².